The van der Waals surface area contributed by atoms with Gasteiger partial charge in [0.1, 0.15) is 0 Å². The number of aromatic nitrogens is 1. The molecule has 0 spiro atoms. The molecule has 0 aromatic carbocycles. The molecule has 0 saturated carbocycles. The second-order valence-corrected chi connectivity index (χ2v) is 7.63. The highest BCUT2D eigenvalue weighted by Gasteiger charge is 2.25. The molecule has 0 N–H and O–H groups in total. The average Bonchev–Trinajstić information content (AvgIpc) is 2.38. The average molecular weight is 362 g/mol. The molecule has 20 heavy (non-hydrogen) atoms. The molecular weight excluding hydrogens is 346 g/mol. The summed E-state index contributed by atoms with van der Waals surface area (Å²) in [5.41, 5.74) is 0.843. The Bertz CT molecular complexity index is 598. The summed E-state index contributed by atoms with van der Waals surface area (Å²) >= 11 is 3.32. The summed E-state index contributed by atoms with van der Waals surface area (Å²) in [6, 6.07) is 1.86. The van der Waals surface area contributed by atoms with Crippen molar-refractivity contribution >= 4 is 31.9 Å². The minimum Gasteiger partial charge on any atom is -0.340 e. The maximum atomic E-state index is 12.2. The minimum atomic E-state index is -3.16. The lowest BCUT2D eigenvalue weighted by Crippen LogP contribution is -2.50. The number of rotatable bonds is 3. The molecule has 1 aromatic heterocycles. The van der Waals surface area contributed by atoms with Crippen LogP contribution in [0.4, 0.5) is 0 Å². The highest BCUT2D eigenvalue weighted by atomic mass is 79.9. The van der Waals surface area contributed by atoms with Crippen LogP contribution in [-0.2, 0) is 21.2 Å². The number of halogens is 1. The van der Waals surface area contributed by atoms with E-state index in [1.54, 1.807) is 17.3 Å². The number of pyridine rings is 1. The largest absolute Gasteiger partial charge is 0.340 e. The van der Waals surface area contributed by atoms with Crippen LogP contribution in [-0.4, -0.2) is 60.9 Å². The fourth-order valence-corrected chi connectivity index (χ4v) is 3.35. The van der Waals surface area contributed by atoms with Crippen LogP contribution in [0.25, 0.3) is 0 Å². The first-order valence-corrected chi connectivity index (χ1v) is 8.83. The van der Waals surface area contributed by atoms with Gasteiger partial charge in [-0.2, -0.15) is 4.31 Å². The minimum absolute atomic E-state index is 0.00180. The number of sulfonamides is 1. The van der Waals surface area contributed by atoms with Gasteiger partial charge >= 0.3 is 0 Å². The van der Waals surface area contributed by atoms with Gasteiger partial charge in [0.05, 0.1) is 12.7 Å². The summed E-state index contributed by atoms with van der Waals surface area (Å²) in [4.78, 5) is 17.9. The van der Waals surface area contributed by atoms with Crippen molar-refractivity contribution in [3.8, 4) is 0 Å². The first-order chi connectivity index (χ1) is 9.36. The predicted molar refractivity (Wildman–Crippen MR) is 78.6 cm³/mol. The van der Waals surface area contributed by atoms with E-state index in [0.29, 0.717) is 26.2 Å². The number of carbonyl (C=O) groups is 1. The molecule has 1 amide bonds. The van der Waals surface area contributed by atoms with Gasteiger partial charge in [0, 0.05) is 43.0 Å². The van der Waals surface area contributed by atoms with Crippen molar-refractivity contribution in [1.82, 2.24) is 14.2 Å². The molecule has 2 heterocycles. The molecule has 1 aromatic rings. The maximum absolute atomic E-state index is 12.2. The second-order valence-electron chi connectivity index (χ2n) is 4.73. The normalized spacial score (nSPS) is 17.2. The van der Waals surface area contributed by atoms with E-state index in [2.05, 4.69) is 20.9 Å². The van der Waals surface area contributed by atoms with Crippen molar-refractivity contribution in [2.45, 2.75) is 6.42 Å². The van der Waals surface area contributed by atoms with Crippen molar-refractivity contribution in [2.24, 2.45) is 0 Å². The summed E-state index contributed by atoms with van der Waals surface area (Å²) in [6.45, 7) is 1.60. The Balaban J connectivity index is 1.92. The molecular formula is C12H16BrN3O3S. The Morgan fingerprint density at radius 3 is 2.50 bits per heavy atom. The highest BCUT2D eigenvalue weighted by molar-refractivity contribution is 9.10. The zero-order chi connectivity index (χ0) is 14.8. The van der Waals surface area contributed by atoms with E-state index < -0.39 is 10.0 Å². The fraction of sp³-hybridized carbons (Fsp3) is 0.500. The molecule has 1 aliphatic heterocycles. The van der Waals surface area contributed by atoms with Gasteiger partial charge in [-0.15, -0.1) is 0 Å². The van der Waals surface area contributed by atoms with Gasteiger partial charge in [0.15, 0.2) is 0 Å². The summed E-state index contributed by atoms with van der Waals surface area (Å²) in [5, 5.41) is 0. The molecule has 0 aliphatic carbocycles. The van der Waals surface area contributed by atoms with Crippen LogP contribution < -0.4 is 0 Å². The van der Waals surface area contributed by atoms with E-state index >= 15 is 0 Å². The molecule has 0 unspecified atom stereocenters. The van der Waals surface area contributed by atoms with Crippen molar-refractivity contribution in [3.63, 3.8) is 0 Å². The van der Waals surface area contributed by atoms with Gasteiger partial charge in [0.2, 0.25) is 15.9 Å². The van der Waals surface area contributed by atoms with E-state index in [1.165, 1.54) is 10.6 Å². The second kappa shape index (κ2) is 6.19. The quantitative estimate of drug-likeness (QED) is 0.785. The van der Waals surface area contributed by atoms with Crippen LogP contribution >= 0.6 is 15.9 Å². The van der Waals surface area contributed by atoms with Crippen LogP contribution in [0.2, 0.25) is 0 Å². The Labute approximate surface area is 127 Å². The third-order valence-electron chi connectivity index (χ3n) is 3.18. The van der Waals surface area contributed by atoms with Crippen LogP contribution in [0.1, 0.15) is 5.56 Å². The Morgan fingerprint density at radius 1 is 1.30 bits per heavy atom. The highest BCUT2D eigenvalue weighted by Crippen LogP contribution is 2.12. The van der Waals surface area contributed by atoms with Gasteiger partial charge in [-0.05, 0) is 27.6 Å². The number of piperazine rings is 1. The molecule has 2 rings (SSSR count). The smallest absolute Gasteiger partial charge is 0.227 e. The molecule has 1 fully saturated rings. The van der Waals surface area contributed by atoms with E-state index in [1.807, 2.05) is 6.07 Å². The van der Waals surface area contributed by atoms with Crippen LogP contribution in [0.5, 0.6) is 0 Å². The number of carbonyl (C=O) groups excluding carboxylic acids is 1. The number of hydrogen-bond donors (Lipinski definition) is 0. The van der Waals surface area contributed by atoms with Crippen LogP contribution in [0, 0.1) is 0 Å². The Hall–Kier alpha value is -0.990. The topological polar surface area (TPSA) is 70.6 Å². The zero-order valence-corrected chi connectivity index (χ0v) is 13.5. The molecule has 0 radical (unpaired) electrons. The van der Waals surface area contributed by atoms with Gasteiger partial charge in [-0.3, -0.25) is 9.78 Å². The third-order valence-corrected chi connectivity index (χ3v) is 4.91. The number of nitrogens with zero attached hydrogens (tertiary/aromatic N) is 3. The SMILES string of the molecule is CS(=O)(=O)N1CCN(C(=O)Cc2cncc(Br)c2)CC1. The van der Waals surface area contributed by atoms with Crippen LogP contribution in [0.15, 0.2) is 22.9 Å². The van der Waals surface area contributed by atoms with E-state index in [9.17, 15) is 13.2 Å². The Kier molecular flexibility index (Phi) is 4.77. The van der Waals surface area contributed by atoms with Gasteiger partial charge in [-0.25, -0.2) is 8.42 Å². The summed E-state index contributed by atoms with van der Waals surface area (Å²) in [6.07, 6.45) is 4.80. The lowest BCUT2D eigenvalue weighted by Gasteiger charge is -2.33. The van der Waals surface area contributed by atoms with Crippen LogP contribution in [0.3, 0.4) is 0 Å². The van der Waals surface area contributed by atoms with Crippen molar-refractivity contribution in [3.05, 3.63) is 28.5 Å². The Morgan fingerprint density at radius 2 is 1.95 bits per heavy atom. The number of hydrogen-bond acceptors (Lipinski definition) is 4. The molecule has 8 heteroatoms. The fourth-order valence-electron chi connectivity index (χ4n) is 2.11. The molecule has 110 valence electrons. The van der Waals surface area contributed by atoms with E-state index in [-0.39, 0.29) is 12.3 Å². The molecule has 0 atom stereocenters. The zero-order valence-electron chi connectivity index (χ0n) is 11.1. The van der Waals surface area contributed by atoms with Crippen molar-refractivity contribution in [2.75, 3.05) is 32.4 Å². The van der Waals surface area contributed by atoms with Gasteiger partial charge in [-0.1, -0.05) is 0 Å². The lowest BCUT2D eigenvalue weighted by molar-refractivity contribution is -0.131. The van der Waals surface area contributed by atoms with Crippen molar-refractivity contribution in [1.29, 1.82) is 0 Å². The molecule has 1 saturated heterocycles. The summed E-state index contributed by atoms with van der Waals surface area (Å²) in [7, 11) is -3.16. The van der Waals surface area contributed by atoms with E-state index in [4.69, 9.17) is 0 Å². The summed E-state index contributed by atoms with van der Waals surface area (Å²) in [5.74, 6) is -0.00180. The predicted octanol–water partition coefficient (Wildman–Crippen LogP) is 0.490. The molecule has 0 bridgehead atoms. The monoisotopic (exact) mass is 361 g/mol. The van der Waals surface area contributed by atoms with Gasteiger partial charge < -0.3 is 4.90 Å². The molecule has 6 nitrogen and oxygen atoms in total. The number of amides is 1. The lowest BCUT2D eigenvalue weighted by atomic mass is 10.2. The first kappa shape index (κ1) is 15.4. The molecule has 1 aliphatic rings. The first-order valence-electron chi connectivity index (χ1n) is 6.18. The third kappa shape index (κ3) is 4.00. The van der Waals surface area contributed by atoms with Gasteiger partial charge in [0.25, 0.3) is 0 Å². The maximum Gasteiger partial charge on any atom is 0.227 e. The van der Waals surface area contributed by atoms with E-state index in [0.717, 1.165) is 10.0 Å². The standard InChI is InChI=1S/C12H16BrN3O3S/c1-20(18,19)16-4-2-15(3-5-16)12(17)7-10-6-11(13)9-14-8-10/h6,8-9H,2-5,7H2,1H3. The summed E-state index contributed by atoms with van der Waals surface area (Å²) < 4.78 is 25.0. The van der Waals surface area contributed by atoms with Crippen molar-refractivity contribution < 1.29 is 13.2 Å².